The van der Waals surface area contributed by atoms with Gasteiger partial charge in [-0.25, -0.2) is 0 Å². The predicted octanol–water partition coefficient (Wildman–Crippen LogP) is 1.82. The van der Waals surface area contributed by atoms with Crippen LogP contribution in [-0.2, 0) is 17.6 Å². The first-order valence-electron chi connectivity index (χ1n) is 5.82. The highest BCUT2D eigenvalue weighted by Crippen LogP contribution is 2.23. The van der Waals surface area contributed by atoms with E-state index < -0.39 is 5.41 Å². The molecular formula is C14H16N2O. The minimum atomic E-state index is -0.950. The molecule has 0 unspecified atom stereocenters. The molecule has 0 aromatic heterocycles. The second kappa shape index (κ2) is 4.21. The van der Waals surface area contributed by atoms with Gasteiger partial charge < -0.3 is 5.32 Å². The molecule has 0 aliphatic heterocycles. The van der Waals surface area contributed by atoms with Gasteiger partial charge in [-0.1, -0.05) is 24.3 Å². The van der Waals surface area contributed by atoms with Crippen molar-refractivity contribution in [2.45, 2.75) is 32.7 Å². The average molecular weight is 228 g/mol. The number of carbonyl (C=O) groups excluding carboxylic acids is 1. The van der Waals surface area contributed by atoms with Crippen LogP contribution in [0.5, 0.6) is 0 Å². The molecule has 2 rings (SSSR count). The van der Waals surface area contributed by atoms with E-state index in [4.69, 9.17) is 5.26 Å². The quantitative estimate of drug-likeness (QED) is 0.839. The first-order valence-corrected chi connectivity index (χ1v) is 5.82. The molecule has 0 saturated carbocycles. The number of nitrogens with zero attached hydrogens (tertiary/aromatic N) is 1. The van der Waals surface area contributed by atoms with Gasteiger partial charge in [0, 0.05) is 6.04 Å². The van der Waals surface area contributed by atoms with Crippen LogP contribution < -0.4 is 5.32 Å². The second-order valence-corrected chi connectivity index (χ2v) is 5.08. The van der Waals surface area contributed by atoms with Crippen molar-refractivity contribution >= 4 is 5.91 Å². The molecule has 1 aliphatic carbocycles. The molecule has 0 saturated heterocycles. The maximum absolute atomic E-state index is 11.9. The van der Waals surface area contributed by atoms with E-state index in [1.165, 1.54) is 11.1 Å². The van der Waals surface area contributed by atoms with E-state index in [0.29, 0.717) is 0 Å². The van der Waals surface area contributed by atoms with Crippen LogP contribution in [0.3, 0.4) is 0 Å². The highest BCUT2D eigenvalue weighted by atomic mass is 16.2. The van der Waals surface area contributed by atoms with E-state index in [1.807, 2.05) is 18.2 Å². The molecule has 17 heavy (non-hydrogen) atoms. The van der Waals surface area contributed by atoms with E-state index in [9.17, 15) is 4.79 Å². The zero-order chi connectivity index (χ0) is 12.5. The largest absolute Gasteiger partial charge is 0.351 e. The monoisotopic (exact) mass is 228 g/mol. The first kappa shape index (κ1) is 11.7. The summed E-state index contributed by atoms with van der Waals surface area (Å²) in [5.74, 6) is -0.183. The van der Waals surface area contributed by atoms with Crippen molar-refractivity contribution in [3.8, 4) is 6.07 Å². The molecular weight excluding hydrogens is 212 g/mol. The Morgan fingerprint density at radius 1 is 1.35 bits per heavy atom. The van der Waals surface area contributed by atoms with Gasteiger partial charge in [0.2, 0.25) is 5.91 Å². The van der Waals surface area contributed by atoms with Gasteiger partial charge in [0.25, 0.3) is 0 Å². The highest BCUT2D eigenvalue weighted by Gasteiger charge is 2.31. The topological polar surface area (TPSA) is 52.9 Å². The van der Waals surface area contributed by atoms with Crippen LogP contribution in [0.4, 0.5) is 0 Å². The molecule has 1 aromatic carbocycles. The number of amides is 1. The van der Waals surface area contributed by atoms with Gasteiger partial charge in [0.1, 0.15) is 5.41 Å². The molecule has 0 atom stereocenters. The zero-order valence-electron chi connectivity index (χ0n) is 10.2. The number of hydrogen-bond acceptors (Lipinski definition) is 2. The Kier molecular flexibility index (Phi) is 2.89. The summed E-state index contributed by atoms with van der Waals surface area (Å²) in [7, 11) is 0. The van der Waals surface area contributed by atoms with Crippen LogP contribution in [-0.4, -0.2) is 11.9 Å². The van der Waals surface area contributed by atoms with E-state index >= 15 is 0 Å². The summed E-state index contributed by atoms with van der Waals surface area (Å²) >= 11 is 0. The number of fused-ring (bicyclic) bond motifs is 1. The minimum absolute atomic E-state index is 0.132. The van der Waals surface area contributed by atoms with Crippen LogP contribution >= 0.6 is 0 Å². The van der Waals surface area contributed by atoms with E-state index in [2.05, 4.69) is 17.4 Å². The Hall–Kier alpha value is -1.82. The Labute approximate surface area is 101 Å². The van der Waals surface area contributed by atoms with Crippen molar-refractivity contribution < 1.29 is 4.79 Å². The molecule has 3 heteroatoms. The molecule has 0 radical (unpaired) electrons. The third-order valence-electron chi connectivity index (χ3n) is 3.23. The lowest BCUT2D eigenvalue weighted by atomic mass is 9.94. The number of nitrogens with one attached hydrogen (secondary N) is 1. The lowest BCUT2D eigenvalue weighted by molar-refractivity contribution is -0.127. The molecule has 0 fully saturated rings. The molecule has 0 heterocycles. The van der Waals surface area contributed by atoms with E-state index in [1.54, 1.807) is 13.8 Å². The van der Waals surface area contributed by atoms with Gasteiger partial charge in [0.15, 0.2) is 0 Å². The average Bonchev–Trinajstić information content (AvgIpc) is 2.70. The van der Waals surface area contributed by atoms with Gasteiger partial charge in [-0.3, -0.25) is 4.79 Å². The van der Waals surface area contributed by atoms with Gasteiger partial charge in [-0.05, 0) is 37.8 Å². The maximum Gasteiger partial charge on any atom is 0.240 e. The zero-order valence-corrected chi connectivity index (χ0v) is 10.2. The number of nitriles is 1. The molecule has 1 aliphatic rings. The third kappa shape index (κ3) is 2.31. The number of hydrogen-bond donors (Lipinski definition) is 1. The fourth-order valence-electron chi connectivity index (χ4n) is 2.08. The Morgan fingerprint density at radius 3 is 2.35 bits per heavy atom. The lowest BCUT2D eigenvalue weighted by Gasteiger charge is -2.19. The SMILES string of the molecule is CC(C)(C#N)C(=O)NC1Cc2ccccc2C1. The van der Waals surface area contributed by atoms with Crippen molar-refractivity contribution in [1.29, 1.82) is 5.26 Å². The van der Waals surface area contributed by atoms with Crippen LogP contribution in [0, 0.1) is 16.7 Å². The summed E-state index contributed by atoms with van der Waals surface area (Å²) in [6, 6.07) is 10.4. The smallest absolute Gasteiger partial charge is 0.240 e. The minimum Gasteiger partial charge on any atom is -0.351 e. The fourth-order valence-corrected chi connectivity index (χ4v) is 2.08. The summed E-state index contributed by atoms with van der Waals surface area (Å²) in [5.41, 5.74) is 1.65. The van der Waals surface area contributed by atoms with Gasteiger partial charge in [-0.2, -0.15) is 5.26 Å². The third-order valence-corrected chi connectivity index (χ3v) is 3.23. The summed E-state index contributed by atoms with van der Waals surface area (Å²) < 4.78 is 0. The van der Waals surface area contributed by atoms with Crippen molar-refractivity contribution in [3.05, 3.63) is 35.4 Å². The van der Waals surface area contributed by atoms with Gasteiger partial charge in [-0.15, -0.1) is 0 Å². The van der Waals surface area contributed by atoms with Crippen LogP contribution in [0.1, 0.15) is 25.0 Å². The molecule has 88 valence electrons. The van der Waals surface area contributed by atoms with Crippen LogP contribution in [0.2, 0.25) is 0 Å². The summed E-state index contributed by atoms with van der Waals surface area (Å²) in [6.07, 6.45) is 1.73. The molecule has 0 spiro atoms. The fraction of sp³-hybridized carbons (Fsp3) is 0.429. The van der Waals surface area contributed by atoms with Crippen molar-refractivity contribution in [1.82, 2.24) is 5.32 Å². The van der Waals surface area contributed by atoms with Crippen molar-refractivity contribution in [2.24, 2.45) is 5.41 Å². The second-order valence-electron chi connectivity index (χ2n) is 5.08. The normalized spacial score (nSPS) is 15.1. The standard InChI is InChI=1S/C14H16N2O/c1-14(2,9-15)13(17)16-12-7-10-5-3-4-6-11(10)8-12/h3-6,12H,7-8H2,1-2H3,(H,16,17). The molecule has 0 bridgehead atoms. The number of carbonyl (C=O) groups is 1. The molecule has 1 N–H and O–H groups in total. The predicted molar refractivity (Wildman–Crippen MR) is 65.2 cm³/mol. The number of rotatable bonds is 2. The highest BCUT2D eigenvalue weighted by molar-refractivity contribution is 5.84. The Bertz CT molecular complexity index is 460. The number of benzene rings is 1. The lowest BCUT2D eigenvalue weighted by Crippen LogP contribution is -2.42. The molecule has 1 amide bonds. The van der Waals surface area contributed by atoms with E-state index in [-0.39, 0.29) is 11.9 Å². The summed E-state index contributed by atoms with van der Waals surface area (Å²) in [4.78, 5) is 11.9. The van der Waals surface area contributed by atoms with Gasteiger partial charge in [0.05, 0.1) is 6.07 Å². The van der Waals surface area contributed by atoms with Gasteiger partial charge >= 0.3 is 0 Å². The summed E-state index contributed by atoms with van der Waals surface area (Å²) in [6.45, 7) is 3.29. The first-order chi connectivity index (χ1) is 8.03. The van der Waals surface area contributed by atoms with Crippen molar-refractivity contribution in [3.63, 3.8) is 0 Å². The Morgan fingerprint density at radius 2 is 1.88 bits per heavy atom. The molecule has 3 nitrogen and oxygen atoms in total. The van der Waals surface area contributed by atoms with E-state index in [0.717, 1.165) is 12.8 Å². The molecule has 1 aromatic rings. The maximum atomic E-state index is 11.9. The Balaban J connectivity index is 2.02. The van der Waals surface area contributed by atoms with Crippen LogP contribution in [0.25, 0.3) is 0 Å². The van der Waals surface area contributed by atoms with Crippen LogP contribution in [0.15, 0.2) is 24.3 Å². The summed E-state index contributed by atoms with van der Waals surface area (Å²) in [5, 5.41) is 11.9. The van der Waals surface area contributed by atoms with Crippen molar-refractivity contribution in [2.75, 3.05) is 0 Å².